The fraction of sp³-hybridized carbons (Fsp3) is 0.500. The number of amides is 1. The molecule has 0 saturated heterocycles. The average Bonchev–Trinajstić information content (AvgIpc) is 2.29. The quantitative estimate of drug-likeness (QED) is 0.820. The first kappa shape index (κ1) is 12.5. The highest BCUT2D eigenvalue weighted by Crippen LogP contribution is 2.19. The number of nitrogens with one attached hydrogen (secondary N) is 1. The van der Waals surface area contributed by atoms with Gasteiger partial charge in [0.05, 0.1) is 11.7 Å². The van der Waals surface area contributed by atoms with Crippen LogP contribution in [0.5, 0.6) is 0 Å². The van der Waals surface area contributed by atoms with Gasteiger partial charge in [0, 0.05) is 12.2 Å². The zero-order valence-electron chi connectivity index (χ0n) is 9.40. The standard InChI is InChI=1S/C12H15BrN2O2/c13-11-10(5-2-6-14-11)12(17)15-8-3-1-4-9(16)7-8/h2,5-6,8-9,16H,1,3-4,7H2,(H,15,17). The highest BCUT2D eigenvalue weighted by molar-refractivity contribution is 9.10. The Labute approximate surface area is 109 Å². The fourth-order valence-electron chi connectivity index (χ4n) is 2.11. The summed E-state index contributed by atoms with van der Waals surface area (Å²) in [5.74, 6) is -0.135. The number of carbonyl (C=O) groups is 1. The minimum Gasteiger partial charge on any atom is -0.393 e. The lowest BCUT2D eigenvalue weighted by atomic mass is 9.93. The number of aliphatic hydroxyl groups excluding tert-OH is 1. The van der Waals surface area contributed by atoms with Crippen LogP contribution in [0, 0.1) is 0 Å². The van der Waals surface area contributed by atoms with Gasteiger partial charge in [-0.15, -0.1) is 0 Å². The minimum absolute atomic E-state index is 0.0679. The van der Waals surface area contributed by atoms with Gasteiger partial charge in [-0.2, -0.15) is 0 Å². The number of carbonyl (C=O) groups excluding carboxylic acids is 1. The molecule has 2 atom stereocenters. The van der Waals surface area contributed by atoms with E-state index in [1.165, 1.54) is 0 Å². The maximum Gasteiger partial charge on any atom is 0.254 e. The number of pyridine rings is 1. The summed E-state index contributed by atoms with van der Waals surface area (Å²) in [5, 5.41) is 12.5. The molecule has 1 aromatic heterocycles. The second-order valence-electron chi connectivity index (χ2n) is 4.33. The first-order valence-corrected chi connectivity index (χ1v) is 6.55. The van der Waals surface area contributed by atoms with E-state index >= 15 is 0 Å². The first-order chi connectivity index (χ1) is 8.16. The van der Waals surface area contributed by atoms with E-state index in [1.54, 1.807) is 18.3 Å². The molecule has 92 valence electrons. The van der Waals surface area contributed by atoms with E-state index in [4.69, 9.17) is 0 Å². The highest BCUT2D eigenvalue weighted by Gasteiger charge is 2.22. The molecule has 0 aliphatic heterocycles. The fourth-order valence-corrected chi connectivity index (χ4v) is 2.54. The summed E-state index contributed by atoms with van der Waals surface area (Å²) < 4.78 is 0.550. The van der Waals surface area contributed by atoms with Crippen molar-refractivity contribution in [2.45, 2.75) is 37.8 Å². The molecule has 1 saturated carbocycles. The van der Waals surface area contributed by atoms with E-state index in [-0.39, 0.29) is 18.1 Å². The Bertz CT molecular complexity index is 411. The first-order valence-electron chi connectivity index (χ1n) is 5.76. The Balaban J connectivity index is 1.99. The number of nitrogens with zero attached hydrogens (tertiary/aromatic N) is 1. The molecule has 1 aliphatic rings. The lowest BCUT2D eigenvalue weighted by Crippen LogP contribution is -2.39. The number of rotatable bonds is 2. The summed E-state index contributed by atoms with van der Waals surface area (Å²) in [6.07, 6.45) is 4.71. The molecule has 1 amide bonds. The smallest absolute Gasteiger partial charge is 0.254 e. The molecule has 2 rings (SSSR count). The third-order valence-corrected chi connectivity index (χ3v) is 3.62. The number of hydrogen-bond acceptors (Lipinski definition) is 3. The van der Waals surface area contributed by atoms with Gasteiger partial charge in [-0.3, -0.25) is 4.79 Å². The van der Waals surface area contributed by atoms with Crippen molar-refractivity contribution in [3.63, 3.8) is 0 Å². The maximum absolute atomic E-state index is 12.0. The molecule has 1 aromatic rings. The second-order valence-corrected chi connectivity index (χ2v) is 5.08. The predicted molar refractivity (Wildman–Crippen MR) is 67.7 cm³/mol. The Morgan fingerprint density at radius 2 is 2.35 bits per heavy atom. The van der Waals surface area contributed by atoms with Crippen LogP contribution in [0.1, 0.15) is 36.0 Å². The monoisotopic (exact) mass is 298 g/mol. The molecule has 17 heavy (non-hydrogen) atoms. The van der Waals surface area contributed by atoms with Crippen molar-refractivity contribution >= 4 is 21.8 Å². The van der Waals surface area contributed by atoms with E-state index in [1.807, 2.05) is 0 Å². The number of hydrogen-bond donors (Lipinski definition) is 2. The molecule has 0 aromatic carbocycles. The molecular weight excluding hydrogens is 284 g/mol. The van der Waals surface area contributed by atoms with Gasteiger partial charge >= 0.3 is 0 Å². The molecule has 5 heteroatoms. The largest absolute Gasteiger partial charge is 0.393 e. The van der Waals surface area contributed by atoms with Gasteiger partial charge in [0.25, 0.3) is 5.91 Å². The Hall–Kier alpha value is -0.940. The Morgan fingerprint density at radius 1 is 1.53 bits per heavy atom. The summed E-state index contributed by atoms with van der Waals surface area (Å²) in [6.45, 7) is 0. The zero-order valence-corrected chi connectivity index (χ0v) is 11.0. The van der Waals surface area contributed by atoms with Crippen LogP contribution < -0.4 is 5.32 Å². The molecule has 1 aliphatic carbocycles. The lowest BCUT2D eigenvalue weighted by Gasteiger charge is -2.26. The molecule has 1 heterocycles. The Kier molecular flexibility index (Phi) is 4.12. The molecule has 4 nitrogen and oxygen atoms in total. The minimum atomic E-state index is -0.286. The average molecular weight is 299 g/mol. The van der Waals surface area contributed by atoms with Crippen LogP contribution in [0.3, 0.4) is 0 Å². The Morgan fingerprint density at radius 3 is 3.06 bits per heavy atom. The van der Waals surface area contributed by atoms with E-state index in [0.717, 1.165) is 19.3 Å². The highest BCUT2D eigenvalue weighted by atomic mass is 79.9. The van der Waals surface area contributed by atoms with Crippen LogP contribution in [-0.2, 0) is 0 Å². The summed E-state index contributed by atoms with van der Waals surface area (Å²) in [6, 6.07) is 3.53. The maximum atomic E-state index is 12.0. The van der Waals surface area contributed by atoms with Crippen molar-refractivity contribution in [3.8, 4) is 0 Å². The summed E-state index contributed by atoms with van der Waals surface area (Å²) in [5.41, 5.74) is 0.535. The van der Waals surface area contributed by atoms with Crippen LogP contribution in [0.2, 0.25) is 0 Å². The topological polar surface area (TPSA) is 62.2 Å². The van der Waals surface area contributed by atoms with Crippen molar-refractivity contribution < 1.29 is 9.90 Å². The van der Waals surface area contributed by atoms with E-state index in [2.05, 4.69) is 26.2 Å². The summed E-state index contributed by atoms with van der Waals surface area (Å²) >= 11 is 3.25. The molecule has 2 unspecified atom stereocenters. The molecular formula is C12H15BrN2O2. The van der Waals surface area contributed by atoms with Gasteiger partial charge in [-0.25, -0.2) is 4.98 Å². The number of aromatic nitrogens is 1. The zero-order chi connectivity index (χ0) is 12.3. The SMILES string of the molecule is O=C(NC1CCCC(O)C1)c1cccnc1Br. The van der Waals surface area contributed by atoms with Gasteiger partial charge in [0.1, 0.15) is 4.60 Å². The van der Waals surface area contributed by atoms with Crippen LogP contribution in [0.15, 0.2) is 22.9 Å². The van der Waals surface area contributed by atoms with Crippen LogP contribution in [-0.4, -0.2) is 28.1 Å². The molecule has 2 N–H and O–H groups in total. The van der Waals surface area contributed by atoms with Crippen LogP contribution >= 0.6 is 15.9 Å². The molecule has 0 bridgehead atoms. The normalized spacial score (nSPS) is 24.4. The van der Waals surface area contributed by atoms with Crippen molar-refractivity contribution in [2.75, 3.05) is 0 Å². The van der Waals surface area contributed by atoms with Crippen molar-refractivity contribution in [1.82, 2.24) is 10.3 Å². The van der Waals surface area contributed by atoms with Gasteiger partial charge in [-0.1, -0.05) is 0 Å². The van der Waals surface area contributed by atoms with Gasteiger partial charge in [-0.05, 0) is 53.7 Å². The van der Waals surface area contributed by atoms with Gasteiger partial charge < -0.3 is 10.4 Å². The van der Waals surface area contributed by atoms with Gasteiger partial charge in [0.2, 0.25) is 0 Å². The van der Waals surface area contributed by atoms with Crippen molar-refractivity contribution in [1.29, 1.82) is 0 Å². The second kappa shape index (κ2) is 5.60. The third kappa shape index (κ3) is 3.26. The third-order valence-electron chi connectivity index (χ3n) is 2.99. The predicted octanol–water partition coefficient (Wildman–Crippen LogP) is 1.88. The van der Waals surface area contributed by atoms with Crippen LogP contribution in [0.4, 0.5) is 0 Å². The number of halogens is 1. The number of aliphatic hydroxyl groups is 1. The summed E-state index contributed by atoms with van der Waals surface area (Å²) in [4.78, 5) is 16.0. The van der Waals surface area contributed by atoms with E-state index in [9.17, 15) is 9.90 Å². The van der Waals surface area contributed by atoms with E-state index < -0.39 is 0 Å². The van der Waals surface area contributed by atoms with E-state index in [0.29, 0.717) is 16.6 Å². The summed E-state index contributed by atoms with van der Waals surface area (Å²) in [7, 11) is 0. The molecule has 1 fully saturated rings. The van der Waals surface area contributed by atoms with Crippen molar-refractivity contribution in [3.05, 3.63) is 28.5 Å². The van der Waals surface area contributed by atoms with Crippen LogP contribution in [0.25, 0.3) is 0 Å². The lowest BCUT2D eigenvalue weighted by molar-refractivity contribution is 0.0849. The van der Waals surface area contributed by atoms with Crippen molar-refractivity contribution in [2.24, 2.45) is 0 Å². The molecule has 0 radical (unpaired) electrons. The molecule has 0 spiro atoms. The van der Waals surface area contributed by atoms with Gasteiger partial charge in [0.15, 0.2) is 0 Å².